The summed E-state index contributed by atoms with van der Waals surface area (Å²) >= 11 is 9.32. The standard InChI is InChI=1S/C16H19BrClNO3/c17-13-6-5-12(18)8-11(13)9-14(16(21)22)19-15(20)7-10-3-1-2-4-10/h5-6,8,10,14H,1-4,7,9H2,(H,19,20)(H,21,22)/t14-/m0/s1. The van der Waals surface area contributed by atoms with Crippen molar-refractivity contribution >= 4 is 39.4 Å². The highest BCUT2D eigenvalue weighted by molar-refractivity contribution is 9.10. The van der Waals surface area contributed by atoms with Crippen LogP contribution in [-0.2, 0) is 16.0 Å². The van der Waals surface area contributed by atoms with Crippen LogP contribution in [0.2, 0.25) is 5.02 Å². The molecule has 2 rings (SSSR count). The van der Waals surface area contributed by atoms with Crippen LogP contribution in [0.3, 0.4) is 0 Å². The zero-order chi connectivity index (χ0) is 16.1. The van der Waals surface area contributed by atoms with E-state index in [1.165, 1.54) is 0 Å². The predicted octanol–water partition coefficient (Wildman–Crippen LogP) is 3.79. The molecule has 1 aromatic carbocycles. The number of carbonyl (C=O) groups excluding carboxylic acids is 1. The van der Waals surface area contributed by atoms with E-state index >= 15 is 0 Å². The number of amides is 1. The molecule has 4 nitrogen and oxygen atoms in total. The lowest BCUT2D eigenvalue weighted by Crippen LogP contribution is -2.42. The number of carboxylic acid groups (broad SMARTS) is 1. The van der Waals surface area contributed by atoms with Crippen molar-refractivity contribution in [2.75, 3.05) is 0 Å². The van der Waals surface area contributed by atoms with Gasteiger partial charge in [-0.1, -0.05) is 40.4 Å². The number of rotatable bonds is 6. The Labute approximate surface area is 143 Å². The largest absolute Gasteiger partial charge is 0.480 e. The van der Waals surface area contributed by atoms with Crippen LogP contribution >= 0.6 is 27.5 Å². The van der Waals surface area contributed by atoms with E-state index in [0.29, 0.717) is 17.4 Å². The van der Waals surface area contributed by atoms with Gasteiger partial charge in [-0.25, -0.2) is 4.79 Å². The zero-order valence-corrected chi connectivity index (χ0v) is 14.5. The number of nitrogens with one attached hydrogen (secondary N) is 1. The summed E-state index contributed by atoms with van der Waals surface area (Å²) in [6.07, 6.45) is 5.06. The molecule has 1 atom stereocenters. The van der Waals surface area contributed by atoms with Crippen LogP contribution < -0.4 is 5.32 Å². The van der Waals surface area contributed by atoms with E-state index in [0.717, 1.165) is 35.7 Å². The van der Waals surface area contributed by atoms with E-state index in [1.807, 2.05) is 0 Å². The van der Waals surface area contributed by atoms with Gasteiger partial charge in [-0.2, -0.15) is 0 Å². The molecule has 0 saturated heterocycles. The Morgan fingerprint density at radius 3 is 2.68 bits per heavy atom. The van der Waals surface area contributed by atoms with Crippen molar-refractivity contribution in [3.8, 4) is 0 Å². The smallest absolute Gasteiger partial charge is 0.326 e. The maximum atomic E-state index is 12.0. The van der Waals surface area contributed by atoms with Crippen LogP contribution in [0, 0.1) is 5.92 Å². The van der Waals surface area contributed by atoms with Gasteiger partial charge >= 0.3 is 5.97 Å². The van der Waals surface area contributed by atoms with Gasteiger partial charge in [-0.05, 0) is 42.5 Å². The molecular formula is C16H19BrClNO3. The first-order valence-corrected chi connectivity index (χ1v) is 8.59. The number of hydrogen-bond acceptors (Lipinski definition) is 2. The minimum atomic E-state index is -1.04. The maximum Gasteiger partial charge on any atom is 0.326 e. The van der Waals surface area contributed by atoms with Crippen molar-refractivity contribution in [1.29, 1.82) is 0 Å². The molecule has 0 aliphatic heterocycles. The molecule has 0 unspecified atom stereocenters. The Hall–Kier alpha value is -1.07. The third-order valence-corrected chi connectivity index (χ3v) is 5.02. The summed E-state index contributed by atoms with van der Waals surface area (Å²) in [5.74, 6) is -0.823. The molecule has 0 heterocycles. The molecule has 0 aromatic heterocycles. The molecule has 1 aliphatic carbocycles. The summed E-state index contributed by atoms with van der Waals surface area (Å²) in [6.45, 7) is 0. The van der Waals surface area contributed by atoms with E-state index in [-0.39, 0.29) is 12.3 Å². The first kappa shape index (κ1) is 17.3. The average Bonchev–Trinajstić information content (AvgIpc) is 2.94. The number of hydrogen-bond donors (Lipinski definition) is 2. The van der Waals surface area contributed by atoms with Crippen LogP contribution in [-0.4, -0.2) is 23.0 Å². The van der Waals surface area contributed by atoms with Crippen LogP contribution in [0.15, 0.2) is 22.7 Å². The minimum Gasteiger partial charge on any atom is -0.480 e. The molecule has 2 N–H and O–H groups in total. The van der Waals surface area contributed by atoms with E-state index in [2.05, 4.69) is 21.2 Å². The fraction of sp³-hybridized carbons (Fsp3) is 0.500. The Morgan fingerprint density at radius 2 is 2.05 bits per heavy atom. The number of carbonyl (C=O) groups is 2. The summed E-state index contributed by atoms with van der Waals surface area (Å²) in [7, 11) is 0. The molecule has 1 aromatic rings. The fourth-order valence-electron chi connectivity index (χ4n) is 2.85. The number of halogens is 2. The van der Waals surface area contributed by atoms with Gasteiger partial charge < -0.3 is 10.4 Å². The highest BCUT2D eigenvalue weighted by atomic mass is 79.9. The summed E-state index contributed by atoms with van der Waals surface area (Å²) in [4.78, 5) is 23.5. The fourth-order valence-corrected chi connectivity index (χ4v) is 3.45. The van der Waals surface area contributed by atoms with Crippen molar-refractivity contribution in [1.82, 2.24) is 5.32 Å². The molecule has 1 amide bonds. The quantitative estimate of drug-likeness (QED) is 0.779. The molecule has 0 spiro atoms. The summed E-state index contributed by atoms with van der Waals surface area (Å²) in [5.41, 5.74) is 0.765. The topological polar surface area (TPSA) is 66.4 Å². The van der Waals surface area contributed by atoms with Crippen molar-refractivity contribution in [2.45, 2.75) is 44.6 Å². The molecule has 1 aliphatic rings. The summed E-state index contributed by atoms with van der Waals surface area (Å²) < 4.78 is 0.785. The van der Waals surface area contributed by atoms with Crippen LogP contribution in [0.25, 0.3) is 0 Å². The normalized spacial score (nSPS) is 16.5. The third kappa shape index (κ3) is 4.99. The van der Waals surface area contributed by atoms with Gasteiger partial charge in [0.05, 0.1) is 0 Å². The Balaban J connectivity index is 1.98. The number of benzene rings is 1. The molecule has 1 fully saturated rings. The Bertz CT molecular complexity index is 558. The zero-order valence-electron chi connectivity index (χ0n) is 12.1. The Morgan fingerprint density at radius 1 is 1.36 bits per heavy atom. The van der Waals surface area contributed by atoms with Crippen LogP contribution in [0.4, 0.5) is 0 Å². The highest BCUT2D eigenvalue weighted by Gasteiger charge is 2.24. The van der Waals surface area contributed by atoms with Gasteiger partial charge in [0.25, 0.3) is 0 Å². The van der Waals surface area contributed by atoms with Gasteiger partial charge in [0.15, 0.2) is 0 Å². The lowest BCUT2D eigenvalue weighted by molar-refractivity contribution is -0.141. The van der Waals surface area contributed by atoms with Gasteiger partial charge in [0.2, 0.25) is 5.91 Å². The SMILES string of the molecule is O=C(CC1CCCC1)N[C@@H](Cc1cc(Cl)ccc1Br)C(=O)O. The van der Waals surface area contributed by atoms with E-state index in [4.69, 9.17) is 11.6 Å². The molecular weight excluding hydrogens is 370 g/mol. The lowest BCUT2D eigenvalue weighted by atomic mass is 10.0. The molecule has 6 heteroatoms. The molecule has 1 saturated carbocycles. The monoisotopic (exact) mass is 387 g/mol. The number of carboxylic acids is 1. The van der Waals surface area contributed by atoms with E-state index in [1.54, 1.807) is 18.2 Å². The minimum absolute atomic E-state index is 0.183. The van der Waals surface area contributed by atoms with Crippen LogP contribution in [0.1, 0.15) is 37.7 Å². The van der Waals surface area contributed by atoms with E-state index < -0.39 is 12.0 Å². The average molecular weight is 389 g/mol. The third-order valence-electron chi connectivity index (χ3n) is 4.01. The Kier molecular flexibility index (Phi) is 6.26. The second-order valence-electron chi connectivity index (χ2n) is 5.75. The van der Waals surface area contributed by atoms with Gasteiger partial charge in [0.1, 0.15) is 6.04 Å². The van der Waals surface area contributed by atoms with Gasteiger partial charge in [-0.3, -0.25) is 4.79 Å². The molecule has 0 radical (unpaired) electrons. The molecule has 0 bridgehead atoms. The second-order valence-corrected chi connectivity index (χ2v) is 7.04. The maximum absolute atomic E-state index is 12.0. The molecule has 22 heavy (non-hydrogen) atoms. The van der Waals surface area contributed by atoms with Crippen molar-refractivity contribution in [2.24, 2.45) is 5.92 Å². The van der Waals surface area contributed by atoms with Crippen molar-refractivity contribution in [3.05, 3.63) is 33.3 Å². The second kappa shape index (κ2) is 7.97. The highest BCUT2D eigenvalue weighted by Crippen LogP contribution is 2.27. The van der Waals surface area contributed by atoms with Crippen LogP contribution in [0.5, 0.6) is 0 Å². The van der Waals surface area contributed by atoms with Crippen molar-refractivity contribution in [3.63, 3.8) is 0 Å². The summed E-state index contributed by atoms with van der Waals surface area (Å²) in [5, 5.41) is 12.5. The summed E-state index contributed by atoms with van der Waals surface area (Å²) in [6, 6.07) is 4.27. The first-order valence-electron chi connectivity index (χ1n) is 7.42. The van der Waals surface area contributed by atoms with Gasteiger partial charge in [0, 0.05) is 22.3 Å². The van der Waals surface area contributed by atoms with Crippen molar-refractivity contribution < 1.29 is 14.7 Å². The van der Waals surface area contributed by atoms with Gasteiger partial charge in [-0.15, -0.1) is 0 Å². The molecule has 120 valence electrons. The lowest BCUT2D eigenvalue weighted by Gasteiger charge is -2.17. The predicted molar refractivity (Wildman–Crippen MR) is 89.0 cm³/mol. The van der Waals surface area contributed by atoms with E-state index in [9.17, 15) is 14.7 Å². The first-order chi connectivity index (χ1) is 10.5. The number of aliphatic carboxylic acids is 1.